The number of methoxy groups -OCH3 is 3. The van der Waals surface area contributed by atoms with Gasteiger partial charge in [0.15, 0.2) is 11.5 Å². The van der Waals surface area contributed by atoms with E-state index in [2.05, 4.69) is 5.32 Å². The maximum Gasteiger partial charge on any atom is 0.323 e. The molecule has 0 saturated heterocycles. The van der Waals surface area contributed by atoms with Crippen LogP contribution in [0.15, 0.2) is 18.2 Å². The van der Waals surface area contributed by atoms with Crippen molar-refractivity contribution in [3.8, 4) is 11.5 Å². The van der Waals surface area contributed by atoms with Crippen LogP contribution in [0.4, 0.5) is 0 Å². The van der Waals surface area contributed by atoms with E-state index in [1.165, 1.54) is 7.11 Å². The normalized spacial score (nSPS) is 13.6. The molecule has 2 atom stereocenters. The Hall–Kier alpha value is -1.79. The smallest absolute Gasteiger partial charge is 0.323 e. The summed E-state index contributed by atoms with van der Waals surface area (Å²) < 4.78 is 15.3. The van der Waals surface area contributed by atoms with E-state index in [4.69, 9.17) is 14.2 Å². The highest BCUT2D eigenvalue weighted by Crippen LogP contribution is 2.30. The third-order valence-electron chi connectivity index (χ3n) is 3.50. The lowest BCUT2D eigenvalue weighted by Crippen LogP contribution is -2.44. The van der Waals surface area contributed by atoms with Crippen LogP contribution in [0.2, 0.25) is 0 Å². The molecule has 0 spiro atoms. The topological polar surface area (TPSA) is 77.0 Å². The molecule has 0 heterocycles. The minimum atomic E-state index is -0.504. The highest BCUT2D eigenvalue weighted by Gasteiger charge is 2.26. The zero-order chi connectivity index (χ0) is 16.7. The molecule has 6 nitrogen and oxygen atoms in total. The van der Waals surface area contributed by atoms with Crippen molar-refractivity contribution in [1.29, 1.82) is 0 Å². The molecule has 0 amide bonds. The average molecular weight is 311 g/mol. The summed E-state index contributed by atoms with van der Waals surface area (Å²) in [6.45, 7) is 3.67. The van der Waals surface area contributed by atoms with E-state index in [9.17, 15) is 9.90 Å². The number of carbonyl (C=O) groups is 1. The standard InChI is InChI=1S/C16H25NO5/c1-10(2)15(16(19)22-5)17-12(9-18)11-6-7-13(20-3)14(8-11)21-4/h6-8,10,12,15,17-18H,9H2,1-5H3/t12-,15-/m0/s1. The summed E-state index contributed by atoms with van der Waals surface area (Å²) in [5.41, 5.74) is 0.801. The van der Waals surface area contributed by atoms with Gasteiger partial charge in [-0.3, -0.25) is 10.1 Å². The molecule has 1 aromatic rings. The monoisotopic (exact) mass is 311 g/mol. The molecule has 0 fully saturated rings. The first-order chi connectivity index (χ1) is 10.5. The van der Waals surface area contributed by atoms with Crippen LogP contribution in [-0.4, -0.2) is 45.1 Å². The Bertz CT molecular complexity index is 489. The Kier molecular flexibility index (Phi) is 7.14. The van der Waals surface area contributed by atoms with Crippen LogP contribution in [0.5, 0.6) is 11.5 Å². The predicted molar refractivity (Wildman–Crippen MR) is 83.2 cm³/mol. The van der Waals surface area contributed by atoms with Crippen molar-refractivity contribution >= 4 is 5.97 Å². The fourth-order valence-electron chi connectivity index (χ4n) is 2.20. The van der Waals surface area contributed by atoms with Crippen LogP contribution >= 0.6 is 0 Å². The fourth-order valence-corrected chi connectivity index (χ4v) is 2.20. The van der Waals surface area contributed by atoms with Crippen LogP contribution in [0.25, 0.3) is 0 Å². The summed E-state index contributed by atoms with van der Waals surface area (Å²) >= 11 is 0. The number of esters is 1. The Balaban J connectivity index is 3.02. The second-order valence-corrected chi connectivity index (χ2v) is 5.26. The van der Waals surface area contributed by atoms with E-state index in [1.54, 1.807) is 26.4 Å². The van der Waals surface area contributed by atoms with Gasteiger partial charge in [-0.15, -0.1) is 0 Å². The maximum absolute atomic E-state index is 11.8. The van der Waals surface area contributed by atoms with Gasteiger partial charge in [0.05, 0.1) is 34.0 Å². The second kappa shape index (κ2) is 8.60. The number of ether oxygens (including phenoxy) is 3. The first-order valence-corrected chi connectivity index (χ1v) is 7.15. The third kappa shape index (κ3) is 4.35. The molecule has 0 bridgehead atoms. The van der Waals surface area contributed by atoms with E-state index in [1.807, 2.05) is 19.9 Å². The van der Waals surface area contributed by atoms with Crippen molar-refractivity contribution in [2.24, 2.45) is 5.92 Å². The van der Waals surface area contributed by atoms with Gasteiger partial charge in [0.1, 0.15) is 6.04 Å². The molecule has 1 aromatic carbocycles. The summed E-state index contributed by atoms with van der Waals surface area (Å²) in [6.07, 6.45) is 0. The number of aliphatic hydroxyl groups is 1. The van der Waals surface area contributed by atoms with Crippen molar-refractivity contribution in [3.63, 3.8) is 0 Å². The van der Waals surface area contributed by atoms with Gasteiger partial charge >= 0.3 is 5.97 Å². The van der Waals surface area contributed by atoms with Gasteiger partial charge in [-0.2, -0.15) is 0 Å². The van der Waals surface area contributed by atoms with Crippen molar-refractivity contribution in [1.82, 2.24) is 5.32 Å². The highest BCUT2D eigenvalue weighted by molar-refractivity contribution is 5.76. The van der Waals surface area contributed by atoms with Gasteiger partial charge in [-0.1, -0.05) is 19.9 Å². The molecule has 0 aliphatic carbocycles. The zero-order valence-corrected chi connectivity index (χ0v) is 13.8. The van der Waals surface area contributed by atoms with Crippen LogP contribution < -0.4 is 14.8 Å². The van der Waals surface area contributed by atoms with Gasteiger partial charge in [0.25, 0.3) is 0 Å². The zero-order valence-electron chi connectivity index (χ0n) is 13.8. The molecule has 0 saturated carbocycles. The first kappa shape index (κ1) is 18.3. The average Bonchev–Trinajstić information content (AvgIpc) is 2.54. The van der Waals surface area contributed by atoms with Gasteiger partial charge in [0.2, 0.25) is 0 Å². The summed E-state index contributed by atoms with van der Waals surface area (Å²) in [5, 5.41) is 12.8. The van der Waals surface area contributed by atoms with Crippen molar-refractivity contribution in [2.75, 3.05) is 27.9 Å². The lowest BCUT2D eigenvalue weighted by molar-refractivity contribution is -0.144. The van der Waals surface area contributed by atoms with Gasteiger partial charge in [-0.25, -0.2) is 0 Å². The minimum Gasteiger partial charge on any atom is -0.493 e. The van der Waals surface area contributed by atoms with E-state index in [0.717, 1.165) is 5.56 Å². The summed E-state index contributed by atoms with van der Waals surface area (Å²) in [7, 11) is 4.46. The molecule has 6 heteroatoms. The van der Waals surface area contributed by atoms with E-state index < -0.39 is 12.1 Å². The largest absolute Gasteiger partial charge is 0.493 e. The molecule has 1 rings (SSSR count). The fraction of sp³-hybridized carbons (Fsp3) is 0.562. The van der Waals surface area contributed by atoms with Crippen LogP contribution in [0.1, 0.15) is 25.5 Å². The molecule has 0 unspecified atom stereocenters. The Morgan fingerprint density at radius 1 is 1.18 bits per heavy atom. The number of carbonyl (C=O) groups excluding carboxylic acids is 1. The number of hydrogen-bond acceptors (Lipinski definition) is 6. The molecule has 124 valence electrons. The molecule has 22 heavy (non-hydrogen) atoms. The second-order valence-electron chi connectivity index (χ2n) is 5.26. The molecule has 2 N–H and O–H groups in total. The molecule has 0 radical (unpaired) electrons. The van der Waals surface area contributed by atoms with Crippen molar-refractivity contribution in [2.45, 2.75) is 25.9 Å². The van der Waals surface area contributed by atoms with E-state index in [-0.39, 0.29) is 18.5 Å². The number of nitrogens with one attached hydrogen (secondary N) is 1. The van der Waals surface area contributed by atoms with Gasteiger partial charge < -0.3 is 19.3 Å². The number of aliphatic hydroxyl groups excluding tert-OH is 1. The number of rotatable bonds is 8. The van der Waals surface area contributed by atoms with Crippen LogP contribution in [0.3, 0.4) is 0 Å². The lowest BCUT2D eigenvalue weighted by Gasteiger charge is -2.26. The van der Waals surface area contributed by atoms with Crippen LogP contribution in [-0.2, 0) is 9.53 Å². The Labute approximate surface area is 131 Å². The molecular weight excluding hydrogens is 286 g/mol. The predicted octanol–water partition coefficient (Wildman–Crippen LogP) is 1.52. The molecule has 0 aliphatic rings. The lowest BCUT2D eigenvalue weighted by atomic mass is 10.0. The summed E-state index contributed by atoms with van der Waals surface area (Å²) in [6, 6.07) is 4.45. The van der Waals surface area contributed by atoms with E-state index in [0.29, 0.717) is 11.5 Å². The number of hydrogen-bond donors (Lipinski definition) is 2. The Morgan fingerprint density at radius 2 is 1.82 bits per heavy atom. The van der Waals surface area contributed by atoms with Gasteiger partial charge in [-0.05, 0) is 23.6 Å². The van der Waals surface area contributed by atoms with Crippen LogP contribution in [0, 0.1) is 5.92 Å². The highest BCUT2D eigenvalue weighted by atomic mass is 16.5. The molecule has 0 aliphatic heterocycles. The SMILES string of the molecule is COC(=O)[C@@H](N[C@@H](CO)c1ccc(OC)c(OC)c1)C(C)C. The molecule has 0 aromatic heterocycles. The van der Waals surface area contributed by atoms with E-state index >= 15 is 0 Å². The summed E-state index contributed by atoms with van der Waals surface area (Å²) in [5.74, 6) is 0.853. The molecular formula is C16H25NO5. The third-order valence-corrected chi connectivity index (χ3v) is 3.50. The summed E-state index contributed by atoms with van der Waals surface area (Å²) in [4.78, 5) is 11.8. The quantitative estimate of drug-likeness (QED) is 0.709. The number of benzene rings is 1. The first-order valence-electron chi connectivity index (χ1n) is 7.15. The minimum absolute atomic E-state index is 0.0293. The van der Waals surface area contributed by atoms with Gasteiger partial charge in [0, 0.05) is 0 Å². The maximum atomic E-state index is 11.8. The Morgan fingerprint density at radius 3 is 2.27 bits per heavy atom. The van der Waals surface area contributed by atoms with Crippen molar-refractivity contribution in [3.05, 3.63) is 23.8 Å². The van der Waals surface area contributed by atoms with Crippen molar-refractivity contribution < 1.29 is 24.1 Å².